The van der Waals surface area contributed by atoms with E-state index in [1.54, 1.807) is 6.20 Å². The van der Waals surface area contributed by atoms with Gasteiger partial charge in [-0.25, -0.2) is 15.0 Å². The molecular weight excluding hydrogens is 332 g/mol. The van der Waals surface area contributed by atoms with E-state index in [0.717, 1.165) is 57.7 Å². The van der Waals surface area contributed by atoms with Gasteiger partial charge in [-0.05, 0) is 45.2 Å². The maximum atomic E-state index is 11.5. The number of primary amides is 1. The number of piperidine rings is 1. The lowest BCUT2D eigenvalue weighted by Crippen LogP contribution is -2.32. The summed E-state index contributed by atoms with van der Waals surface area (Å²) in [6, 6.07) is 0. The van der Waals surface area contributed by atoms with Crippen molar-refractivity contribution in [2.45, 2.75) is 51.2 Å². The summed E-state index contributed by atoms with van der Waals surface area (Å²) in [7, 11) is 0. The molecule has 26 heavy (non-hydrogen) atoms. The Hall–Kier alpha value is -2.06. The van der Waals surface area contributed by atoms with Gasteiger partial charge in [0.15, 0.2) is 5.65 Å². The zero-order chi connectivity index (χ0) is 17.9. The number of hydrogen-bond donors (Lipinski definition) is 1. The molecule has 8 nitrogen and oxygen atoms in total. The highest BCUT2D eigenvalue weighted by atomic mass is 16.5. The zero-order valence-corrected chi connectivity index (χ0v) is 15.1. The Kier molecular flexibility index (Phi) is 5.12. The molecule has 4 rings (SSSR count). The third-order valence-electron chi connectivity index (χ3n) is 5.27. The number of imidazole rings is 1. The van der Waals surface area contributed by atoms with Gasteiger partial charge in [0.2, 0.25) is 5.82 Å². The molecule has 2 aromatic heterocycles. The highest BCUT2D eigenvalue weighted by Gasteiger charge is 2.24. The lowest BCUT2D eigenvalue weighted by molar-refractivity contribution is -0.0315. The second-order valence-corrected chi connectivity index (χ2v) is 7.14. The minimum atomic E-state index is -0.626. The van der Waals surface area contributed by atoms with Crippen molar-refractivity contribution >= 4 is 17.1 Å². The molecule has 1 unspecified atom stereocenters. The summed E-state index contributed by atoms with van der Waals surface area (Å²) >= 11 is 0. The number of nitrogens with zero attached hydrogens (tertiary/aromatic N) is 5. The SMILES string of the molecule is NC(=O)c1ncc2nc(CCN3CCCCC3)n(C3CCCCO3)c2n1. The predicted molar refractivity (Wildman–Crippen MR) is 96.7 cm³/mol. The van der Waals surface area contributed by atoms with Gasteiger partial charge in [-0.2, -0.15) is 0 Å². The van der Waals surface area contributed by atoms with E-state index in [1.165, 1.54) is 19.3 Å². The molecule has 8 heteroatoms. The average Bonchev–Trinajstić information content (AvgIpc) is 3.05. The highest BCUT2D eigenvalue weighted by Crippen LogP contribution is 2.28. The summed E-state index contributed by atoms with van der Waals surface area (Å²) in [5.41, 5.74) is 6.70. The van der Waals surface area contributed by atoms with Crippen LogP contribution in [0.25, 0.3) is 11.2 Å². The van der Waals surface area contributed by atoms with Crippen LogP contribution in [0.4, 0.5) is 0 Å². The summed E-state index contributed by atoms with van der Waals surface area (Å²) in [6.07, 6.45) is 9.34. The van der Waals surface area contributed by atoms with E-state index in [0.29, 0.717) is 11.2 Å². The number of fused-ring (bicyclic) bond motifs is 1. The van der Waals surface area contributed by atoms with Crippen LogP contribution < -0.4 is 5.73 Å². The van der Waals surface area contributed by atoms with Crippen LogP contribution in [0.15, 0.2) is 6.20 Å². The van der Waals surface area contributed by atoms with Crippen LogP contribution in [0.5, 0.6) is 0 Å². The monoisotopic (exact) mass is 358 g/mol. The number of amides is 1. The van der Waals surface area contributed by atoms with Crippen molar-refractivity contribution in [2.75, 3.05) is 26.2 Å². The Morgan fingerprint density at radius 1 is 1.19 bits per heavy atom. The molecule has 0 saturated carbocycles. The molecule has 140 valence electrons. The molecule has 0 bridgehead atoms. The van der Waals surface area contributed by atoms with E-state index >= 15 is 0 Å². The van der Waals surface area contributed by atoms with Gasteiger partial charge in [-0.1, -0.05) is 6.42 Å². The van der Waals surface area contributed by atoms with E-state index in [2.05, 4.69) is 19.4 Å². The standard InChI is InChI=1S/C18H26N6O2/c19-16(25)17-20-12-13-18(22-17)24(15-6-2-5-11-26-15)14(21-13)7-10-23-8-3-1-4-9-23/h12,15H,1-11H2,(H2,19,25). The smallest absolute Gasteiger partial charge is 0.286 e. The fourth-order valence-corrected chi connectivity index (χ4v) is 3.90. The van der Waals surface area contributed by atoms with Crippen molar-refractivity contribution in [2.24, 2.45) is 5.73 Å². The first kappa shape index (κ1) is 17.4. The van der Waals surface area contributed by atoms with E-state index in [1.807, 2.05) is 0 Å². The third-order valence-corrected chi connectivity index (χ3v) is 5.27. The number of rotatable bonds is 5. The molecule has 2 fully saturated rings. The molecule has 2 N–H and O–H groups in total. The summed E-state index contributed by atoms with van der Waals surface area (Å²) in [4.78, 5) is 27.2. The van der Waals surface area contributed by atoms with Crippen molar-refractivity contribution in [3.8, 4) is 0 Å². The van der Waals surface area contributed by atoms with E-state index in [4.69, 9.17) is 15.5 Å². The largest absolute Gasteiger partial charge is 0.363 e. The summed E-state index contributed by atoms with van der Waals surface area (Å²) in [5, 5.41) is 0. The van der Waals surface area contributed by atoms with Gasteiger partial charge in [0.05, 0.1) is 6.20 Å². The molecule has 2 aliphatic heterocycles. The first-order valence-corrected chi connectivity index (χ1v) is 9.60. The number of hydrogen-bond acceptors (Lipinski definition) is 6. The van der Waals surface area contributed by atoms with Crippen LogP contribution in [-0.2, 0) is 11.2 Å². The molecule has 2 aromatic rings. The number of aromatic nitrogens is 4. The topological polar surface area (TPSA) is 99.2 Å². The average molecular weight is 358 g/mol. The number of ether oxygens (including phenoxy) is 1. The van der Waals surface area contributed by atoms with Gasteiger partial charge in [0.25, 0.3) is 5.91 Å². The van der Waals surface area contributed by atoms with Gasteiger partial charge < -0.3 is 15.4 Å². The molecule has 1 atom stereocenters. The van der Waals surface area contributed by atoms with E-state index < -0.39 is 5.91 Å². The number of carbonyl (C=O) groups excluding carboxylic acids is 1. The van der Waals surface area contributed by atoms with Crippen LogP contribution in [0, 0.1) is 0 Å². The van der Waals surface area contributed by atoms with Crippen LogP contribution >= 0.6 is 0 Å². The van der Waals surface area contributed by atoms with Crippen LogP contribution in [-0.4, -0.2) is 56.6 Å². The maximum Gasteiger partial charge on any atom is 0.286 e. The molecule has 4 heterocycles. The second-order valence-electron chi connectivity index (χ2n) is 7.14. The summed E-state index contributed by atoms with van der Waals surface area (Å²) < 4.78 is 8.06. The fourth-order valence-electron chi connectivity index (χ4n) is 3.90. The van der Waals surface area contributed by atoms with Crippen molar-refractivity contribution in [1.82, 2.24) is 24.4 Å². The van der Waals surface area contributed by atoms with E-state index in [-0.39, 0.29) is 12.1 Å². The molecule has 0 spiro atoms. The molecule has 2 saturated heterocycles. The van der Waals surface area contributed by atoms with Gasteiger partial charge in [-0.3, -0.25) is 9.36 Å². The highest BCUT2D eigenvalue weighted by molar-refractivity contribution is 5.90. The lowest BCUT2D eigenvalue weighted by Gasteiger charge is -2.28. The van der Waals surface area contributed by atoms with Crippen molar-refractivity contribution in [3.63, 3.8) is 0 Å². The fraction of sp³-hybridized carbons (Fsp3) is 0.667. The Morgan fingerprint density at radius 3 is 2.77 bits per heavy atom. The Morgan fingerprint density at radius 2 is 2.04 bits per heavy atom. The zero-order valence-electron chi connectivity index (χ0n) is 15.1. The lowest BCUT2D eigenvalue weighted by atomic mass is 10.1. The van der Waals surface area contributed by atoms with Crippen LogP contribution in [0.3, 0.4) is 0 Å². The van der Waals surface area contributed by atoms with Crippen LogP contribution in [0.1, 0.15) is 61.2 Å². The molecule has 2 aliphatic rings. The van der Waals surface area contributed by atoms with Gasteiger partial charge in [-0.15, -0.1) is 0 Å². The summed E-state index contributed by atoms with van der Waals surface area (Å²) in [6.45, 7) is 4.04. The minimum Gasteiger partial charge on any atom is -0.363 e. The third kappa shape index (κ3) is 3.57. The molecule has 0 aliphatic carbocycles. The van der Waals surface area contributed by atoms with Gasteiger partial charge in [0, 0.05) is 19.6 Å². The van der Waals surface area contributed by atoms with Gasteiger partial charge in [0.1, 0.15) is 17.6 Å². The molecule has 1 amide bonds. The number of nitrogens with two attached hydrogens (primary N) is 1. The molecular formula is C18H26N6O2. The first-order valence-electron chi connectivity index (χ1n) is 9.60. The Bertz CT molecular complexity index is 777. The van der Waals surface area contributed by atoms with Crippen molar-refractivity contribution in [1.29, 1.82) is 0 Å². The van der Waals surface area contributed by atoms with Gasteiger partial charge >= 0.3 is 0 Å². The Balaban J connectivity index is 1.66. The van der Waals surface area contributed by atoms with Crippen molar-refractivity contribution in [3.05, 3.63) is 17.8 Å². The normalized spacial score (nSPS) is 21.9. The Labute approximate surface area is 152 Å². The minimum absolute atomic E-state index is 0.0250. The maximum absolute atomic E-state index is 11.5. The molecule has 0 radical (unpaired) electrons. The van der Waals surface area contributed by atoms with E-state index in [9.17, 15) is 4.79 Å². The predicted octanol–water partition coefficient (Wildman–Crippen LogP) is 1.65. The van der Waals surface area contributed by atoms with Crippen LogP contribution in [0.2, 0.25) is 0 Å². The quantitative estimate of drug-likeness (QED) is 0.872. The van der Waals surface area contributed by atoms with Crippen molar-refractivity contribution < 1.29 is 9.53 Å². The first-order chi connectivity index (χ1) is 12.7. The second kappa shape index (κ2) is 7.67. The number of carbonyl (C=O) groups is 1. The molecule has 0 aromatic carbocycles. The summed E-state index contributed by atoms with van der Waals surface area (Å²) in [5.74, 6) is 0.351. The number of likely N-dealkylation sites (tertiary alicyclic amines) is 1.